The van der Waals surface area contributed by atoms with Crippen molar-refractivity contribution in [1.82, 2.24) is 0 Å². The number of halogens is 1. The summed E-state index contributed by atoms with van der Waals surface area (Å²) in [7, 11) is 0. The van der Waals surface area contributed by atoms with Crippen LogP contribution >= 0.6 is 0 Å². The number of anilines is 2. The molecule has 3 heteroatoms. The van der Waals surface area contributed by atoms with E-state index >= 15 is 0 Å². The summed E-state index contributed by atoms with van der Waals surface area (Å²) in [6.45, 7) is 4.03. The number of rotatable bonds is 2. The van der Waals surface area contributed by atoms with Crippen molar-refractivity contribution < 1.29 is 4.39 Å². The molecule has 0 amide bonds. The van der Waals surface area contributed by atoms with Gasteiger partial charge in [-0.3, -0.25) is 0 Å². The Morgan fingerprint density at radius 2 is 2.08 bits per heavy atom. The van der Waals surface area contributed by atoms with Gasteiger partial charge < -0.3 is 11.1 Å². The summed E-state index contributed by atoms with van der Waals surface area (Å²) < 4.78 is 12.7. The molecule has 0 saturated carbocycles. The molecule has 1 aromatic rings. The van der Waals surface area contributed by atoms with Crippen LogP contribution in [0.4, 0.5) is 15.8 Å². The SMILES string of the molecule is CC(C)Nc1ccc(F)c(N)c1. The normalized spacial score (nSPS) is 10.3. The van der Waals surface area contributed by atoms with Crippen LogP contribution in [0.25, 0.3) is 0 Å². The zero-order chi connectivity index (χ0) is 9.14. The first kappa shape index (κ1) is 8.84. The van der Waals surface area contributed by atoms with Gasteiger partial charge in [0, 0.05) is 11.7 Å². The maximum Gasteiger partial charge on any atom is 0.146 e. The molecule has 0 fully saturated rings. The third-order valence-electron chi connectivity index (χ3n) is 1.45. The van der Waals surface area contributed by atoms with Gasteiger partial charge in [-0.1, -0.05) is 0 Å². The Morgan fingerprint density at radius 1 is 1.42 bits per heavy atom. The molecule has 0 atom stereocenters. The van der Waals surface area contributed by atoms with E-state index in [1.807, 2.05) is 13.8 Å². The summed E-state index contributed by atoms with van der Waals surface area (Å²) >= 11 is 0. The second-order valence-corrected chi connectivity index (χ2v) is 3.04. The van der Waals surface area contributed by atoms with Gasteiger partial charge in [-0.15, -0.1) is 0 Å². The van der Waals surface area contributed by atoms with Crippen LogP contribution in [-0.4, -0.2) is 6.04 Å². The van der Waals surface area contributed by atoms with Crippen LogP contribution in [-0.2, 0) is 0 Å². The molecule has 0 radical (unpaired) electrons. The second-order valence-electron chi connectivity index (χ2n) is 3.04. The summed E-state index contributed by atoms with van der Waals surface area (Å²) in [5.74, 6) is -0.371. The molecular formula is C9H13FN2. The molecular weight excluding hydrogens is 155 g/mol. The Morgan fingerprint density at radius 3 is 2.58 bits per heavy atom. The molecule has 3 N–H and O–H groups in total. The minimum Gasteiger partial charge on any atom is -0.396 e. The van der Waals surface area contributed by atoms with E-state index in [0.29, 0.717) is 6.04 Å². The number of benzene rings is 1. The van der Waals surface area contributed by atoms with Gasteiger partial charge in [0.05, 0.1) is 5.69 Å². The monoisotopic (exact) mass is 168 g/mol. The number of hydrogen-bond acceptors (Lipinski definition) is 2. The zero-order valence-corrected chi connectivity index (χ0v) is 7.26. The fourth-order valence-corrected chi connectivity index (χ4v) is 0.967. The fraction of sp³-hybridized carbons (Fsp3) is 0.333. The molecule has 0 aliphatic carbocycles. The summed E-state index contributed by atoms with van der Waals surface area (Å²) in [4.78, 5) is 0. The topological polar surface area (TPSA) is 38.0 Å². The predicted molar refractivity (Wildman–Crippen MR) is 49.6 cm³/mol. The van der Waals surface area contributed by atoms with Crippen LogP contribution < -0.4 is 11.1 Å². The van der Waals surface area contributed by atoms with Crippen LogP contribution in [0.2, 0.25) is 0 Å². The van der Waals surface area contributed by atoms with Gasteiger partial charge >= 0.3 is 0 Å². The quantitative estimate of drug-likeness (QED) is 0.664. The Balaban J connectivity index is 2.82. The number of hydrogen-bond donors (Lipinski definition) is 2. The molecule has 1 rings (SSSR count). The molecule has 1 aromatic carbocycles. The summed E-state index contributed by atoms with van der Waals surface area (Å²) in [6, 6.07) is 4.95. The van der Waals surface area contributed by atoms with Crippen molar-refractivity contribution >= 4 is 11.4 Å². The lowest BCUT2D eigenvalue weighted by Crippen LogP contribution is -2.09. The lowest BCUT2D eigenvalue weighted by atomic mass is 10.2. The molecule has 12 heavy (non-hydrogen) atoms. The summed E-state index contributed by atoms with van der Waals surface area (Å²) in [6.07, 6.45) is 0. The van der Waals surface area contributed by atoms with Crippen LogP contribution in [0.15, 0.2) is 18.2 Å². The van der Waals surface area contributed by atoms with Crippen molar-refractivity contribution in [3.05, 3.63) is 24.0 Å². The van der Waals surface area contributed by atoms with Crippen molar-refractivity contribution in [2.24, 2.45) is 0 Å². The van der Waals surface area contributed by atoms with Gasteiger partial charge in [-0.25, -0.2) is 4.39 Å². The third kappa shape index (κ3) is 2.12. The molecule has 0 saturated heterocycles. The lowest BCUT2D eigenvalue weighted by Gasteiger charge is -2.10. The number of nitrogens with two attached hydrogens (primary N) is 1. The van der Waals surface area contributed by atoms with Gasteiger partial charge in [-0.05, 0) is 32.0 Å². The van der Waals surface area contributed by atoms with E-state index < -0.39 is 0 Å². The largest absolute Gasteiger partial charge is 0.396 e. The first-order valence-electron chi connectivity index (χ1n) is 3.91. The van der Waals surface area contributed by atoms with Crippen LogP contribution in [0.3, 0.4) is 0 Å². The summed E-state index contributed by atoms with van der Waals surface area (Å²) in [5.41, 5.74) is 6.41. The molecule has 2 nitrogen and oxygen atoms in total. The predicted octanol–water partition coefficient (Wildman–Crippen LogP) is 2.23. The van der Waals surface area contributed by atoms with Crippen LogP contribution in [0, 0.1) is 5.82 Å². The minimum absolute atomic E-state index is 0.181. The van der Waals surface area contributed by atoms with Gasteiger partial charge in [-0.2, -0.15) is 0 Å². The Bertz CT molecular complexity index is 271. The van der Waals surface area contributed by atoms with Crippen molar-refractivity contribution in [3.8, 4) is 0 Å². The maximum atomic E-state index is 12.7. The van der Waals surface area contributed by atoms with E-state index in [0.717, 1.165) is 5.69 Å². The third-order valence-corrected chi connectivity index (χ3v) is 1.45. The Hall–Kier alpha value is -1.25. The van der Waals surface area contributed by atoms with Crippen molar-refractivity contribution in [1.29, 1.82) is 0 Å². The second kappa shape index (κ2) is 3.43. The summed E-state index contributed by atoms with van der Waals surface area (Å²) in [5, 5.41) is 3.13. The van der Waals surface area contributed by atoms with E-state index in [4.69, 9.17) is 5.73 Å². The molecule has 0 bridgehead atoms. The highest BCUT2D eigenvalue weighted by molar-refractivity contribution is 5.55. The lowest BCUT2D eigenvalue weighted by molar-refractivity contribution is 0.632. The molecule has 0 unspecified atom stereocenters. The standard InChI is InChI=1S/C9H13FN2/c1-6(2)12-7-3-4-8(10)9(11)5-7/h3-6,12H,11H2,1-2H3. The first-order chi connectivity index (χ1) is 5.59. The molecule has 0 spiro atoms. The average Bonchev–Trinajstić information content (AvgIpc) is 1.96. The Labute approximate surface area is 71.6 Å². The molecule has 0 aliphatic heterocycles. The molecule has 66 valence electrons. The van der Waals surface area contributed by atoms with E-state index in [2.05, 4.69) is 5.32 Å². The van der Waals surface area contributed by atoms with Crippen molar-refractivity contribution in [2.75, 3.05) is 11.1 Å². The fourth-order valence-electron chi connectivity index (χ4n) is 0.967. The van der Waals surface area contributed by atoms with Gasteiger partial charge in [0.25, 0.3) is 0 Å². The number of nitrogen functional groups attached to an aromatic ring is 1. The van der Waals surface area contributed by atoms with Crippen LogP contribution in [0.1, 0.15) is 13.8 Å². The highest BCUT2D eigenvalue weighted by atomic mass is 19.1. The number of nitrogens with one attached hydrogen (secondary N) is 1. The van der Waals surface area contributed by atoms with E-state index in [9.17, 15) is 4.39 Å². The average molecular weight is 168 g/mol. The van der Waals surface area contributed by atoms with E-state index in [1.54, 1.807) is 12.1 Å². The van der Waals surface area contributed by atoms with E-state index in [-0.39, 0.29) is 11.5 Å². The molecule has 0 aliphatic rings. The molecule has 0 aromatic heterocycles. The van der Waals surface area contributed by atoms with Gasteiger partial charge in [0.2, 0.25) is 0 Å². The van der Waals surface area contributed by atoms with Gasteiger partial charge in [0.1, 0.15) is 5.82 Å². The maximum absolute atomic E-state index is 12.7. The van der Waals surface area contributed by atoms with Crippen LogP contribution in [0.5, 0.6) is 0 Å². The van der Waals surface area contributed by atoms with E-state index in [1.165, 1.54) is 6.07 Å². The highest BCUT2D eigenvalue weighted by Crippen LogP contribution is 2.16. The highest BCUT2D eigenvalue weighted by Gasteiger charge is 1.99. The first-order valence-corrected chi connectivity index (χ1v) is 3.91. The van der Waals surface area contributed by atoms with Crippen molar-refractivity contribution in [2.45, 2.75) is 19.9 Å². The molecule has 0 heterocycles. The zero-order valence-electron chi connectivity index (χ0n) is 7.26. The Kier molecular flexibility index (Phi) is 2.53. The minimum atomic E-state index is -0.371. The smallest absolute Gasteiger partial charge is 0.146 e. The van der Waals surface area contributed by atoms with Crippen molar-refractivity contribution in [3.63, 3.8) is 0 Å². The van der Waals surface area contributed by atoms with Gasteiger partial charge in [0.15, 0.2) is 0 Å².